The van der Waals surface area contributed by atoms with Crippen LogP contribution in [0, 0.1) is 0 Å². The highest BCUT2D eigenvalue weighted by atomic mass is 79.9. The summed E-state index contributed by atoms with van der Waals surface area (Å²) in [6, 6.07) is 9.09. The Kier molecular flexibility index (Phi) is 5.76. The molecule has 1 aliphatic heterocycles. The van der Waals surface area contributed by atoms with E-state index >= 15 is 0 Å². The number of amides is 1. The number of hydrogen-bond acceptors (Lipinski definition) is 5. The third-order valence-corrected chi connectivity index (χ3v) is 5.43. The van der Waals surface area contributed by atoms with Crippen molar-refractivity contribution in [3.63, 3.8) is 0 Å². The Hall–Kier alpha value is -2.87. The molecule has 4 rings (SSSR count). The fourth-order valence-electron chi connectivity index (χ4n) is 3.54. The number of carbonyl (C=O) groups excluding carboxylic acids is 1. The smallest absolute Gasteiger partial charge is 0.261 e. The first-order valence-corrected chi connectivity index (χ1v) is 10.6. The van der Waals surface area contributed by atoms with E-state index in [1.807, 2.05) is 32.0 Å². The summed E-state index contributed by atoms with van der Waals surface area (Å²) in [5, 5.41) is 3.40. The Morgan fingerprint density at radius 3 is 3.00 bits per heavy atom. The standard InChI is InChI=1S/C22H22BrN3O4/c1-3-29-20-9-14-8-13(2)30-19(14)11-18(20)25-21(27)6-7-26-12-24-17-5-4-15(23)10-16(17)22(26)28/h4-5,9-13H,3,6-8H2,1-2H3,(H,25,27)/t13-/m0/s1. The molecule has 30 heavy (non-hydrogen) atoms. The molecule has 1 amide bonds. The molecule has 0 aliphatic carbocycles. The van der Waals surface area contributed by atoms with E-state index in [2.05, 4.69) is 26.2 Å². The molecule has 0 fully saturated rings. The molecule has 3 aromatic rings. The summed E-state index contributed by atoms with van der Waals surface area (Å²) in [6.45, 7) is 4.62. The fourth-order valence-corrected chi connectivity index (χ4v) is 3.90. The Balaban J connectivity index is 1.49. The number of aromatic nitrogens is 2. The van der Waals surface area contributed by atoms with Gasteiger partial charge in [0.05, 0.1) is 29.5 Å². The number of nitrogens with one attached hydrogen (secondary N) is 1. The molecule has 1 aromatic heterocycles. The average molecular weight is 472 g/mol. The monoisotopic (exact) mass is 471 g/mol. The number of anilines is 1. The van der Waals surface area contributed by atoms with E-state index in [9.17, 15) is 9.59 Å². The van der Waals surface area contributed by atoms with Crippen LogP contribution in [0.1, 0.15) is 25.8 Å². The molecule has 0 radical (unpaired) electrons. The second kappa shape index (κ2) is 8.47. The lowest BCUT2D eigenvalue weighted by atomic mass is 10.1. The van der Waals surface area contributed by atoms with Crippen LogP contribution in [0.2, 0.25) is 0 Å². The quantitative estimate of drug-likeness (QED) is 0.589. The second-order valence-electron chi connectivity index (χ2n) is 7.22. The van der Waals surface area contributed by atoms with Gasteiger partial charge in [-0.05, 0) is 38.1 Å². The van der Waals surface area contributed by atoms with Gasteiger partial charge in [-0.15, -0.1) is 0 Å². The number of ether oxygens (including phenoxy) is 2. The lowest BCUT2D eigenvalue weighted by Crippen LogP contribution is -2.23. The van der Waals surface area contributed by atoms with E-state index < -0.39 is 0 Å². The molecule has 1 aliphatic rings. The number of halogens is 1. The van der Waals surface area contributed by atoms with Crippen molar-refractivity contribution in [2.24, 2.45) is 0 Å². The first-order valence-electron chi connectivity index (χ1n) is 9.85. The van der Waals surface area contributed by atoms with E-state index in [-0.39, 0.29) is 30.5 Å². The molecule has 1 N–H and O–H groups in total. The predicted molar refractivity (Wildman–Crippen MR) is 118 cm³/mol. The highest BCUT2D eigenvalue weighted by molar-refractivity contribution is 9.10. The van der Waals surface area contributed by atoms with Gasteiger partial charge in [-0.3, -0.25) is 14.2 Å². The Morgan fingerprint density at radius 1 is 1.37 bits per heavy atom. The SMILES string of the molecule is CCOc1cc2c(cc1NC(=O)CCn1cnc3ccc(Br)cc3c1=O)O[C@@H](C)C2. The van der Waals surface area contributed by atoms with Gasteiger partial charge in [0.15, 0.2) is 0 Å². The van der Waals surface area contributed by atoms with E-state index in [1.54, 1.807) is 12.1 Å². The summed E-state index contributed by atoms with van der Waals surface area (Å²) in [7, 11) is 0. The van der Waals surface area contributed by atoms with Crippen LogP contribution in [-0.4, -0.2) is 28.2 Å². The minimum absolute atomic E-state index is 0.104. The topological polar surface area (TPSA) is 82.5 Å². The molecule has 156 valence electrons. The molecule has 0 spiro atoms. The van der Waals surface area contributed by atoms with Gasteiger partial charge in [0, 0.05) is 35.5 Å². The van der Waals surface area contributed by atoms with E-state index in [4.69, 9.17) is 9.47 Å². The van der Waals surface area contributed by atoms with Gasteiger partial charge >= 0.3 is 0 Å². The van der Waals surface area contributed by atoms with Gasteiger partial charge in [-0.2, -0.15) is 0 Å². The molecule has 8 heteroatoms. The Morgan fingerprint density at radius 2 is 2.20 bits per heavy atom. The molecule has 1 atom stereocenters. The van der Waals surface area contributed by atoms with Crippen molar-refractivity contribution in [2.45, 2.75) is 39.3 Å². The summed E-state index contributed by atoms with van der Waals surface area (Å²) in [4.78, 5) is 29.6. The first kappa shape index (κ1) is 20.4. The number of fused-ring (bicyclic) bond motifs is 2. The third kappa shape index (κ3) is 4.18. The van der Waals surface area contributed by atoms with Gasteiger partial charge in [0.1, 0.15) is 17.6 Å². The summed E-state index contributed by atoms with van der Waals surface area (Å²) in [5.41, 5.74) is 2.09. The van der Waals surface area contributed by atoms with Crippen molar-refractivity contribution in [3.8, 4) is 11.5 Å². The van der Waals surface area contributed by atoms with Crippen LogP contribution >= 0.6 is 15.9 Å². The lowest BCUT2D eigenvalue weighted by molar-refractivity contribution is -0.116. The third-order valence-electron chi connectivity index (χ3n) is 4.94. The van der Waals surface area contributed by atoms with Crippen LogP contribution in [-0.2, 0) is 17.8 Å². The number of aryl methyl sites for hydroxylation is 1. The molecular formula is C22H22BrN3O4. The summed E-state index contributed by atoms with van der Waals surface area (Å²) in [5.74, 6) is 1.17. The number of benzene rings is 2. The molecule has 2 aromatic carbocycles. The maximum Gasteiger partial charge on any atom is 0.261 e. The molecule has 0 bridgehead atoms. The van der Waals surface area contributed by atoms with Gasteiger partial charge in [-0.25, -0.2) is 4.98 Å². The van der Waals surface area contributed by atoms with Crippen LogP contribution < -0.4 is 20.3 Å². The number of nitrogens with zero attached hydrogens (tertiary/aromatic N) is 2. The van der Waals surface area contributed by atoms with Crippen LogP contribution in [0.5, 0.6) is 11.5 Å². The molecule has 0 saturated heterocycles. The van der Waals surface area contributed by atoms with Crippen molar-refractivity contribution in [2.75, 3.05) is 11.9 Å². The van der Waals surface area contributed by atoms with Crippen molar-refractivity contribution in [3.05, 3.63) is 57.0 Å². The van der Waals surface area contributed by atoms with Crippen molar-refractivity contribution < 1.29 is 14.3 Å². The van der Waals surface area contributed by atoms with Crippen LogP contribution in [0.15, 0.2) is 45.9 Å². The fraction of sp³-hybridized carbons (Fsp3) is 0.318. The number of hydrogen-bond donors (Lipinski definition) is 1. The number of carbonyl (C=O) groups is 1. The van der Waals surface area contributed by atoms with Crippen molar-refractivity contribution in [1.82, 2.24) is 9.55 Å². The highest BCUT2D eigenvalue weighted by Gasteiger charge is 2.22. The Bertz CT molecular complexity index is 1170. The average Bonchev–Trinajstić information content (AvgIpc) is 3.07. The van der Waals surface area contributed by atoms with Gasteiger partial charge in [-0.1, -0.05) is 15.9 Å². The minimum atomic E-state index is -0.219. The predicted octanol–water partition coefficient (Wildman–Crippen LogP) is 3.91. The first-order chi connectivity index (χ1) is 14.4. The van der Waals surface area contributed by atoms with Crippen molar-refractivity contribution in [1.29, 1.82) is 0 Å². The minimum Gasteiger partial charge on any atom is -0.492 e. The normalized spacial score (nSPS) is 15.0. The summed E-state index contributed by atoms with van der Waals surface area (Å²) < 4.78 is 13.7. The summed E-state index contributed by atoms with van der Waals surface area (Å²) >= 11 is 3.37. The van der Waals surface area contributed by atoms with Crippen LogP contribution in [0.3, 0.4) is 0 Å². The largest absolute Gasteiger partial charge is 0.492 e. The van der Waals surface area contributed by atoms with Gasteiger partial charge < -0.3 is 14.8 Å². The highest BCUT2D eigenvalue weighted by Crippen LogP contribution is 2.38. The molecule has 0 saturated carbocycles. The van der Waals surface area contributed by atoms with E-state index in [1.165, 1.54) is 10.9 Å². The molecule has 7 nitrogen and oxygen atoms in total. The zero-order valence-electron chi connectivity index (χ0n) is 16.8. The zero-order chi connectivity index (χ0) is 21.3. The van der Waals surface area contributed by atoms with Crippen molar-refractivity contribution >= 4 is 38.4 Å². The zero-order valence-corrected chi connectivity index (χ0v) is 18.4. The second-order valence-corrected chi connectivity index (χ2v) is 8.14. The van der Waals surface area contributed by atoms with Crippen LogP contribution in [0.4, 0.5) is 5.69 Å². The molecular weight excluding hydrogens is 450 g/mol. The molecule has 2 heterocycles. The van der Waals surface area contributed by atoms with Gasteiger partial charge in [0.25, 0.3) is 5.56 Å². The van der Waals surface area contributed by atoms with E-state index in [0.29, 0.717) is 28.9 Å². The maximum absolute atomic E-state index is 12.7. The maximum atomic E-state index is 12.7. The van der Waals surface area contributed by atoms with Crippen LogP contribution in [0.25, 0.3) is 10.9 Å². The Labute approximate surface area is 182 Å². The number of rotatable bonds is 6. The lowest BCUT2D eigenvalue weighted by Gasteiger charge is -2.14. The summed E-state index contributed by atoms with van der Waals surface area (Å²) in [6.07, 6.45) is 2.52. The van der Waals surface area contributed by atoms with Gasteiger partial charge in [0.2, 0.25) is 5.91 Å². The molecule has 0 unspecified atom stereocenters. The van der Waals surface area contributed by atoms with E-state index in [0.717, 1.165) is 22.2 Å².